The fourth-order valence-electron chi connectivity index (χ4n) is 2.56. The molecular formula is C16H24N5OS+. The fraction of sp³-hybridized carbons (Fsp3) is 0.438. The zero-order valence-corrected chi connectivity index (χ0v) is 14.6. The molecule has 124 valence electrons. The van der Waals surface area contributed by atoms with Crippen molar-refractivity contribution in [3.63, 3.8) is 0 Å². The number of benzene rings is 1. The number of carbonyl (C=O) groups is 1. The van der Waals surface area contributed by atoms with Crippen LogP contribution in [0.3, 0.4) is 0 Å². The summed E-state index contributed by atoms with van der Waals surface area (Å²) < 4.78 is 2.10. The molecule has 2 rings (SSSR count). The van der Waals surface area contributed by atoms with Crippen molar-refractivity contribution in [1.29, 1.82) is 0 Å². The van der Waals surface area contributed by atoms with Crippen LogP contribution in [-0.4, -0.2) is 40.5 Å². The van der Waals surface area contributed by atoms with E-state index in [4.69, 9.17) is 5.73 Å². The van der Waals surface area contributed by atoms with Crippen molar-refractivity contribution < 1.29 is 9.69 Å². The van der Waals surface area contributed by atoms with Crippen LogP contribution in [0.5, 0.6) is 0 Å². The minimum absolute atomic E-state index is 0.207. The molecule has 7 heteroatoms. The number of primary amides is 1. The molecule has 0 unspecified atom stereocenters. The number of nitrogens with zero attached hydrogens (tertiary/aromatic N) is 3. The molecule has 0 radical (unpaired) electrons. The second kappa shape index (κ2) is 8.12. The van der Waals surface area contributed by atoms with Gasteiger partial charge < -0.3 is 10.6 Å². The van der Waals surface area contributed by atoms with Crippen LogP contribution in [0.2, 0.25) is 0 Å². The topological polar surface area (TPSA) is 78.2 Å². The Morgan fingerprint density at radius 1 is 1.30 bits per heavy atom. The van der Waals surface area contributed by atoms with Gasteiger partial charge in [0.1, 0.15) is 6.04 Å². The minimum atomic E-state index is -0.351. The highest BCUT2D eigenvalue weighted by molar-refractivity contribution is 7.99. The number of quaternary nitrogens is 1. The molecule has 3 N–H and O–H groups in total. The summed E-state index contributed by atoms with van der Waals surface area (Å²) in [5, 5.41) is 9.43. The number of amides is 1. The molecule has 0 spiro atoms. The first kappa shape index (κ1) is 17.5. The number of hydrogen-bond acceptors (Lipinski definition) is 4. The van der Waals surface area contributed by atoms with Crippen LogP contribution in [0, 0.1) is 0 Å². The van der Waals surface area contributed by atoms with Gasteiger partial charge in [-0.15, -0.1) is 10.2 Å². The summed E-state index contributed by atoms with van der Waals surface area (Å²) in [6.07, 6.45) is 0.968. The lowest BCUT2D eigenvalue weighted by Crippen LogP contribution is -3.06. The second-order valence-corrected chi connectivity index (χ2v) is 6.65. The van der Waals surface area contributed by atoms with E-state index in [-0.39, 0.29) is 17.7 Å². The third-order valence-corrected chi connectivity index (χ3v) is 4.68. The summed E-state index contributed by atoms with van der Waals surface area (Å²) in [5.74, 6) is 0.804. The smallest absolute Gasteiger partial charge is 0.227 e. The lowest BCUT2D eigenvalue weighted by atomic mass is 10.2. The van der Waals surface area contributed by atoms with Gasteiger partial charge in [-0.25, -0.2) is 0 Å². The van der Waals surface area contributed by atoms with Crippen molar-refractivity contribution in [3.05, 3.63) is 41.7 Å². The van der Waals surface area contributed by atoms with E-state index in [9.17, 15) is 4.79 Å². The Hall–Kier alpha value is -1.86. The van der Waals surface area contributed by atoms with Crippen LogP contribution in [0.1, 0.15) is 30.8 Å². The fourth-order valence-corrected chi connectivity index (χ4v) is 3.25. The number of thioether (sulfide) groups is 1. The zero-order chi connectivity index (χ0) is 16.8. The van der Waals surface area contributed by atoms with Crippen LogP contribution < -0.4 is 10.6 Å². The van der Waals surface area contributed by atoms with E-state index in [0.717, 1.165) is 17.4 Å². The van der Waals surface area contributed by atoms with Crippen molar-refractivity contribution in [2.75, 3.05) is 19.8 Å². The first-order valence-corrected chi connectivity index (χ1v) is 8.69. The molecule has 1 atom stereocenters. The number of aromatic nitrogens is 3. The number of hydrogen-bond donors (Lipinski definition) is 2. The summed E-state index contributed by atoms with van der Waals surface area (Å²) in [7, 11) is 4.23. The predicted octanol–water partition coefficient (Wildman–Crippen LogP) is 0.499. The molecule has 23 heavy (non-hydrogen) atoms. The minimum Gasteiger partial charge on any atom is -0.369 e. The molecule has 0 bridgehead atoms. The standard InChI is InChI=1S/C16H23N5OS/c1-4-13(20(2)3)15-18-19-16(23-11-14(17)22)21(15)10-12-8-6-5-7-9-12/h5-9,13H,4,10-11H2,1-3H3,(H2,17,22)/p+1/t13-/m0/s1. The summed E-state index contributed by atoms with van der Waals surface area (Å²) in [6.45, 7) is 2.84. The van der Waals surface area contributed by atoms with E-state index < -0.39 is 0 Å². The highest BCUT2D eigenvalue weighted by Gasteiger charge is 2.25. The van der Waals surface area contributed by atoms with Gasteiger partial charge in [0.2, 0.25) is 5.91 Å². The van der Waals surface area contributed by atoms with E-state index in [1.54, 1.807) is 0 Å². The maximum absolute atomic E-state index is 11.1. The normalized spacial score (nSPS) is 12.5. The van der Waals surface area contributed by atoms with Crippen LogP contribution in [0.15, 0.2) is 35.5 Å². The largest absolute Gasteiger partial charge is 0.369 e. The number of nitrogens with two attached hydrogens (primary N) is 1. The van der Waals surface area contributed by atoms with Gasteiger partial charge in [0, 0.05) is 6.42 Å². The number of rotatable bonds is 8. The third kappa shape index (κ3) is 4.56. The first-order valence-electron chi connectivity index (χ1n) is 7.71. The molecule has 2 aromatic rings. The summed E-state index contributed by atoms with van der Waals surface area (Å²) in [4.78, 5) is 12.4. The van der Waals surface area contributed by atoms with Crippen molar-refractivity contribution in [2.24, 2.45) is 5.73 Å². The lowest BCUT2D eigenvalue weighted by molar-refractivity contribution is -0.893. The highest BCUT2D eigenvalue weighted by Crippen LogP contribution is 2.22. The first-order chi connectivity index (χ1) is 11.0. The van der Waals surface area contributed by atoms with Gasteiger partial charge in [-0.3, -0.25) is 9.36 Å². The van der Waals surface area contributed by atoms with Gasteiger partial charge in [0.15, 0.2) is 11.0 Å². The molecule has 1 heterocycles. The van der Waals surface area contributed by atoms with Crippen LogP contribution in [0.25, 0.3) is 0 Å². The van der Waals surface area contributed by atoms with Crippen molar-refractivity contribution in [3.8, 4) is 0 Å². The maximum Gasteiger partial charge on any atom is 0.227 e. The monoisotopic (exact) mass is 334 g/mol. The molecule has 0 saturated heterocycles. The Kier molecular flexibility index (Phi) is 6.18. The van der Waals surface area contributed by atoms with Gasteiger partial charge in [-0.05, 0) is 5.56 Å². The Morgan fingerprint density at radius 2 is 2.00 bits per heavy atom. The Morgan fingerprint density at radius 3 is 2.57 bits per heavy atom. The van der Waals surface area contributed by atoms with Gasteiger partial charge in [0.25, 0.3) is 0 Å². The van der Waals surface area contributed by atoms with E-state index in [1.165, 1.54) is 22.2 Å². The highest BCUT2D eigenvalue weighted by atomic mass is 32.2. The van der Waals surface area contributed by atoms with Crippen molar-refractivity contribution in [2.45, 2.75) is 31.1 Å². The Labute approximate surface area is 141 Å². The predicted molar refractivity (Wildman–Crippen MR) is 91.3 cm³/mol. The van der Waals surface area contributed by atoms with Crippen LogP contribution in [0.4, 0.5) is 0 Å². The van der Waals surface area contributed by atoms with Crippen molar-refractivity contribution in [1.82, 2.24) is 14.8 Å². The summed E-state index contributed by atoms with van der Waals surface area (Å²) in [6, 6.07) is 10.5. The second-order valence-electron chi connectivity index (χ2n) is 5.71. The number of carbonyl (C=O) groups excluding carboxylic acids is 1. The summed E-state index contributed by atoms with van der Waals surface area (Å²) in [5.41, 5.74) is 6.44. The maximum atomic E-state index is 11.1. The third-order valence-electron chi connectivity index (χ3n) is 3.69. The zero-order valence-electron chi connectivity index (χ0n) is 13.8. The molecule has 1 aromatic carbocycles. The molecule has 0 aliphatic rings. The molecule has 0 fully saturated rings. The van der Waals surface area contributed by atoms with E-state index in [0.29, 0.717) is 6.54 Å². The Bertz CT molecular complexity index is 641. The molecule has 1 aromatic heterocycles. The lowest BCUT2D eigenvalue weighted by Gasteiger charge is -2.20. The molecular weight excluding hydrogens is 310 g/mol. The van der Waals surface area contributed by atoms with Crippen LogP contribution >= 0.6 is 11.8 Å². The van der Waals surface area contributed by atoms with E-state index in [2.05, 4.69) is 47.9 Å². The molecule has 0 aliphatic heterocycles. The summed E-state index contributed by atoms with van der Waals surface area (Å²) >= 11 is 1.34. The molecule has 6 nitrogen and oxygen atoms in total. The molecule has 0 aliphatic carbocycles. The quantitative estimate of drug-likeness (QED) is 0.689. The molecule has 0 saturated carbocycles. The number of nitrogens with one attached hydrogen (secondary N) is 1. The Balaban J connectivity index is 2.36. The van der Waals surface area contributed by atoms with Crippen molar-refractivity contribution >= 4 is 17.7 Å². The van der Waals surface area contributed by atoms with E-state index in [1.807, 2.05) is 18.2 Å². The van der Waals surface area contributed by atoms with Gasteiger partial charge in [-0.1, -0.05) is 49.0 Å². The van der Waals surface area contributed by atoms with Gasteiger partial charge in [0.05, 0.1) is 26.4 Å². The molecule has 1 amide bonds. The average molecular weight is 334 g/mol. The van der Waals surface area contributed by atoms with Crippen LogP contribution in [-0.2, 0) is 11.3 Å². The van der Waals surface area contributed by atoms with Gasteiger partial charge >= 0.3 is 0 Å². The average Bonchev–Trinajstić information content (AvgIpc) is 2.89. The van der Waals surface area contributed by atoms with Gasteiger partial charge in [-0.2, -0.15) is 0 Å². The SMILES string of the molecule is CC[C@@H](c1nnc(SCC(N)=O)n1Cc1ccccc1)[NH+](C)C. The van der Waals surface area contributed by atoms with E-state index >= 15 is 0 Å².